The van der Waals surface area contributed by atoms with Gasteiger partial charge in [0.1, 0.15) is 7.22 Å². The van der Waals surface area contributed by atoms with Gasteiger partial charge in [-0.15, -0.1) is 0 Å². The van der Waals surface area contributed by atoms with Crippen molar-refractivity contribution in [1.82, 2.24) is 0 Å². The number of para-hydroxylation sites is 1. The molecule has 1 aromatic rings. The number of hydrogen-bond acceptors (Lipinski definition) is 2. The lowest BCUT2D eigenvalue weighted by molar-refractivity contribution is 0.676. The van der Waals surface area contributed by atoms with E-state index in [0.29, 0.717) is 5.25 Å². The highest BCUT2D eigenvalue weighted by Gasteiger charge is 2.27. The van der Waals surface area contributed by atoms with E-state index >= 15 is 0 Å². The third kappa shape index (κ3) is 4.50. The summed E-state index contributed by atoms with van der Waals surface area (Å²) in [6, 6.07) is 8.49. The lowest BCUT2D eigenvalue weighted by Gasteiger charge is -2.29. The van der Waals surface area contributed by atoms with Crippen molar-refractivity contribution in [3.8, 4) is 0 Å². The topological polar surface area (TPSA) is 12.4 Å². The van der Waals surface area contributed by atoms with Crippen molar-refractivity contribution in [2.45, 2.75) is 57.5 Å². The molecule has 0 radical (unpaired) electrons. The largest absolute Gasteiger partial charge is 0.256 e. The first-order chi connectivity index (χ1) is 8.96. The smallest absolute Gasteiger partial charge is 0.109 e. The van der Waals surface area contributed by atoms with Gasteiger partial charge in [-0.3, -0.25) is 4.99 Å². The second-order valence-corrected chi connectivity index (χ2v) is 15.8. The molecular formula is C16H25NSSi. The molecule has 0 aromatic heterocycles. The molecule has 1 fully saturated rings. The molecule has 1 saturated carbocycles. The van der Waals surface area contributed by atoms with Crippen LogP contribution in [0.5, 0.6) is 0 Å². The molecule has 19 heavy (non-hydrogen) atoms. The first-order valence-electron chi connectivity index (χ1n) is 7.26. The second-order valence-electron chi connectivity index (χ2n) is 6.35. The Bertz CT molecular complexity index is 462. The summed E-state index contributed by atoms with van der Waals surface area (Å²) in [5.74, 6) is 0. The lowest BCUT2D eigenvalue weighted by Crippen LogP contribution is -2.29. The fourth-order valence-electron chi connectivity index (χ4n) is 2.49. The summed E-state index contributed by atoms with van der Waals surface area (Å²) in [5.41, 5.74) is 3.89. The van der Waals surface area contributed by atoms with Crippen LogP contribution in [0.1, 0.15) is 31.2 Å². The summed E-state index contributed by atoms with van der Waals surface area (Å²) < 4.78 is 0. The van der Waals surface area contributed by atoms with Gasteiger partial charge in [0.2, 0.25) is 0 Å². The molecule has 0 amide bonds. The van der Waals surface area contributed by atoms with Crippen LogP contribution in [-0.4, -0.2) is 18.2 Å². The molecule has 0 spiro atoms. The molecule has 3 heteroatoms. The van der Waals surface area contributed by atoms with Crippen molar-refractivity contribution < 1.29 is 0 Å². The number of benzene rings is 1. The van der Waals surface area contributed by atoms with Crippen molar-refractivity contribution in [3.63, 3.8) is 0 Å². The van der Waals surface area contributed by atoms with E-state index in [2.05, 4.69) is 62.0 Å². The summed E-state index contributed by atoms with van der Waals surface area (Å²) in [6.45, 7) is 9.48. The van der Waals surface area contributed by atoms with Crippen LogP contribution in [0.15, 0.2) is 29.3 Å². The van der Waals surface area contributed by atoms with Gasteiger partial charge in [-0.05, 0) is 37.8 Å². The van der Waals surface area contributed by atoms with Crippen molar-refractivity contribution in [2.24, 2.45) is 4.99 Å². The van der Waals surface area contributed by atoms with E-state index in [1.165, 1.54) is 42.6 Å². The minimum absolute atomic E-state index is 0.667. The molecule has 0 aliphatic heterocycles. The van der Waals surface area contributed by atoms with Gasteiger partial charge in [-0.25, -0.2) is 0 Å². The summed E-state index contributed by atoms with van der Waals surface area (Å²) in [6.07, 6.45) is 5.19. The fourth-order valence-corrected chi connectivity index (χ4v) is 7.26. The SMILES string of the molecule is Cc1ccccc1N=C1CCCCC1S[Si](C)(C)C. The quantitative estimate of drug-likeness (QED) is 0.662. The first-order valence-corrected chi connectivity index (χ1v) is 12.4. The molecule has 0 saturated heterocycles. The predicted molar refractivity (Wildman–Crippen MR) is 91.5 cm³/mol. The molecule has 0 heterocycles. The Morgan fingerprint density at radius 1 is 1.16 bits per heavy atom. The normalized spacial score (nSPS) is 22.7. The molecule has 0 bridgehead atoms. The molecule has 1 unspecified atom stereocenters. The van der Waals surface area contributed by atoms with Crippen LogP contribution >= 0.6 is 11.2 Å². The van der Waals surface area contributed by atoms with Gasteiger partial charge in [0.25, 0.3) is 0 Å². The molecule has 1 aliphatic carbocycles. The maximum Gasteiger partial charge on any atom is 0.109 e. The van der Waals surface area contributed by atoms with Gasteiger partial charge in [0, 0.05) is 11.0 Å². The number of aryl methyl sites for hydroxylation is 1. The van der Waals surface area contributed by atoms with Gasteiger partial charge < -0.3 is 0 Å². The monoisotopic (exact) mass is 291 g/mol. The first kappa shape index (κ1) is 14.9. The summed E-state index contributed by atoms with van der Waals surface area (Å²) >= 11 is 2.22. The van der Waals surface area contributed by atoms with Gasteiger partial charge in [0.15, 0.2) is 0 Å². The maximum absolute atomic E-state index is 5.00. The zero-order valence-electron chi connectivity index (χ0n) is 12.6. The van der Waals surface area contributed by atoms with Crippen molar-refractivity contribution in [1.29, 1.82) is 0 Å². The standard InChI is InChI=1S/C16H25NSSi/c1-13-9-5-6-10-14(13)17-15-11-7-8-12-16(15)18-19(2,3)4/h5-6,9-10,16H,7-8,11-12H2,1-4H3. The van der Waals surface area contributed by atoms with E-state index in [0.717, 1.165) is 0 Å². The number of hydrogen-bond donors (Lipinski definition) is 0. The highest BCUT2D eigenvalue weighted by molar-refractivity contribution is 8.29. The molecular weight excluding hydrogens is 266 g/mol. The Labute approximate surface area is 122 Å². The minimum Gasteiger partial charge on any atom is -0.256 e. The Balaban J connectivity index is 2.22. The predicted octanol–water partition coefficient (Wildman–Crippen LogP) is 5.58. The molecule has 104 valence electrons. The highest BCUT2D eigenvalue weighted by Crippen LogP contribution is 2.34. The van der Waals surface area contributed by atoms with Gasteiger partial charge >= 0.3 is 0 Å². The highest BCUT2D eigenvalue weighted by atomic mass is 32.4. The van der Waals surface area contributed by atoms with E-state index in [4.69, 9.17) is 4.99 Å². The van der Waals surface area contributed by atoms with Crippen LogP contribution in [0.25, 0.3) is 0 Å². The van der Waals surface area contributed by atoms with E-state index < -0.39 is 7.22 Å². The van der Waals surface area contributed by atoms with E-state index in [9.17, 15) is 0 Å². The minimum atomic E-state index is -1.08. The fraction of sp³-hybridized carbons (Fsp3) is 0.562. The maximum atomic E-state index is 5.00. The molecule has 0 N–H and O–H groups in total. The zero-order chi connectivity index (χ0) is 13.9. The Kier molecular flexibility index (Phi) is 4.90. The number of aliphatic imine (C=N–C) groups is 1. The molecule has 1 aromatic carbocycles. The van der Waals surface area contributed by atoms with Crippen LogP contribution in [-0.2, 0) is 0 Å². The Hall–Kier alpha value is -0.543. The lowest BCUT2D eigenvalue weighted by atomic mass is 9.97. The molecule has 2 rings (SSSR count). The number of nitrogens with zero attached hydrogens (tertiary/aromatic N) is 1. The van der Waals surface area contributed by atoms with Crippen LogP contribution < -0.4 is 0 Å². The Morgan fingerprint density at radius 3 is 2.58 bits per heavy atom. The van der Waals surface area contributed by atoms with E-state index in [1.807, 2.05) is 0 Å². The average Bonchev–Trinajstić information content (AvgIpc) is 2.33. The third-order valence-electron chi connectivity index (χ3n) is 3.40. The van der Waals surface area contributed by atoms with Crippen LogP contribution in [0.2, 0.25) is 19.6 Å². The van der Waals surface area contributed by atoms with E-state index in [1.54, 1.807) is 0 Å². The van der Waals surface area contributed by atoms with Crippen LogP contribution in [0.3, 0.4) is 0 Å². The van der Waals surface area contributed by atoms with Gasteiger partial charge in [-0.2, -0.15) is 11.2 Å². The summed E-state index contributed by atoms with van der Waals surface area (Å²) in [4.78, 5) is 5.00. The summed E-state index contributed by atoms with van der Waals surface area (Å²) in [7, 11) is -1.08. The zero-order valence-corrected chi connectivity index (χ0v) is 14.4. The van der Waals surface area contributed by atoms with E-state index in [-0.39, 0.29) is 0 Å². The van der Waals surface area contributed by atoms with Gasteiger partial charge in [-0.1, -0.05) is 44.3 Å². The van der Waals surface area contributed by atoms with Crippen molar-refractivity contribution in [3.05, 3.63) is 29.8 Å². The van der Waals surface area contributed by atoms with Gasteiger partial charge in [0.05, 0.1) is 5.69 Å². The number of rotatable bonds is 3. The van der Waals surface area contributed by atoms with Crippen LogP contribution in [0, 0.1) is 6.92 Å². The molecule has 1 aliphatic rings. The average molecular weight is 292 g/mol. The Morgan fingerprint density at radius 2 is 1.89 bits per heavy atom. The van der Waals surface area contributed by atoms with Crippen molar-refractivity contribution in [2.75, 3.05) is 0 Å². The second kappa shape index (κ2) is 6.27. The van der Waals surface area contributed by atoms with Crippen molar-refractivity contribution >= 4 is 29.8 Å². The molecule has 1 atom stereocenters. The molecule has 1 nitrogen and oxygen atoms in total. The van der Waals surface area contributed by atoms with Crippen LogP contribution in [0.4, 0.5) is 5.69 Å². The summed E-state index contributed by atoms with van der Waals surface area (Å²) in [5, 5.41) is 0.667. The third-order valence-corrected chi connectivity index (χ3v) is 7.87.